The van der Waals surface area contributed by atoms with Gasteiger partial charge in [-0.15, -0.1) is 0 Å². The molecule has 0 saturated heterocycles. The van der Waals surface area contributed by atoms with Gasteiger partial charge in [-0.05, 0) is 89.3 Å². The van der Waals surface area contributed by atoms with E-state index >= 15 is 0 Å². The van der Waals surface area contributed by atoms with E-state index in [9.17, 15) is 0 Å². The topological polar surface area (TPSA) is 56.0 Å². The molecule has 232 valence electrons. The SMILES string of the molecule is CC1(C)C=c2c3ccccc3c3ccccc3c3ccc4cc3n2[c-][n+]1c1cccc(c1)oc1ccc2c(n1)n4c1nc3ccccc3n21. The van der Waals surface area contributed by atoms with Gasteiger partial charge in [-0.3, -0.25) is 8.80 Å². The molecule has 8 bridgehead atoms. The molecule has 1 aliphatic rings. The van der Waals surface area contributed by atoms with E-state index in [-0.39, 0.29) is 0 Å². The molecule has 11 rings (SSSR count). The van der Waals surface area contributed by atoms with Gasteiger partial charge < -0.3 is 13.4 Å². The highest BCUT2D eigenvalue weighted by Crippen LogP contribution is 2.31. The molecule has 1 aliphatic heterocycles. The fraction of sp³-hybridized carbons (Fsp3) is 0.0714. The van der Waals surface area contributed by atoms with Gasteiger partial charge in [0.25, 0.3) is 0 Å². The van der Waals surface area contributed by atoms with Crippen LogP contribution in [-0.4, -0.2) is 23.2 Å². The maximum atomic E-state index is 6.48. The summed E-state index contributed by atoms with van der Waals surface area (Å²) in [5.41, 5.74) is 7.40. The summed E-state index contributed by atoms with van der Waals surface area (Å²) in [4.78, 5) is 10.3. The van der Waals surface area contributed by atoms with E-state index < -0.39 is 5.54 Å². The average Bonchev–Trinajstić information content (AvgIpc) is 3.64. The second kappa shape index (κ2) is 9.33. The Morgan fingerprint density at radius 2 is 1.39 bits per heavy atom. The lowest BCUT2D eigenvalue weighted by atomic mass is 9.98. The summed E-state index contributed by atoms with van der Waals surface area (Å²) in [5.74, 6) is 0.789. The molecule has 0 fully saturated rings. The molecule has 0 spiro atoms. The molecule has 7 heteroatoms. The summed E-state index contributed by atoms with van der Waals surface area (Å²) >= 11 is 0. The minimum absolute atomic E-state index is 0.419. The molecule has 0 N–H and O–H groups in total. The number of hydrogen-bond donors (Lipinski definition) is 0. The maximum absolute atomic E-state index is 6.48. The van der Waals surface area contributed by atoms with Crippen molar-refractivity contribution in [3.63, 3.8) is 0 Å². The Morgan fingerprint density at radius 1 is 0.633 bits per heavy atom. The Hall–Kier alpha value is -6.47. The minimum Gasteiger partial charge on any atom is -0.440 e. The quantitative estimate of drug-likeness (QED) is 0.125. The molecule has 5 aromatic carbocycles. The molecule has 0 unspecified atom stereocenters. The van der Waals surface area contributed by atoms with Crippen LogP contribution in [0.25, 0.3) is 88.8 Å². The van der Waals surface area contributed by atoms with Gasteiger partial charge in [0, 0.05) is 11.6 Å². The Kier molecular flexibility index (Phi) is 5.06. The zero-order valence-corrected chi connectivity index (χ0v) is 26.8. The van der Waals surface area contributed by atoms with Crippen LogP contribution in [0.1, 0.15) is 13.8 Å². The third kappa shape index (κ3) is 3.64. The summed E-state index contributed by atoms with van der Waals surface area (Å²) in [7, 11) is 0. The number of benzene rings is 5. The number of imidazole rings is 2. The molecule has 0 amide bonds. The Balaban J connectivity index is 1.51. The minimum atomic E-state index is -0.419. The lowest BCUT2D eigenvalue weighted by Gasteiger charge is -2.27. The Labute approximate surface area is 278 Å². The van der Waals surface area contributed by atoms with Crippen molar-refractivity contribution in [3.8, 4) is 0 Å². The summed E-state index contributed by atoms with van der Waals surface area (Å²) in [6.45, 7) is 4.46. The van der Waals surface area contributed by atoms with Gasteiger partial charge in [-0.1, -0.05) is 78.9 Å². The molecule has 0 radical (unpaired) electrons. The van der Waals surface area contributed by atoms with Crippen molar-refractivity contribution in [1.29, 1.82) is 0 Å². The first kappa shape index (κ1) is 26.6. The van der Waals surface area contributed by atoms with Gasteiger partial charge in [0.15, 0.2) is 5.65 Å². The number of hydrogen-bond acceptors (Lipinski definition) is 3. The molecule has 49 heavy (non-hydrogen) atoms. The summed E-state index contributed by atoms with van der Waals surface area (Å²) < 4.78 is 15.3. The van der Waals surface area contributed by atoms with Crippen LogP contribution < -0.4 is 9.92 Å². The van der Waals surface area contributed by atoms with Crippen molar-refractivity contribution in [2.24, 2.45) is 0 Å². The fourth-order valence-corrected chi connectivity index (χ4v) is 7.84. The van der Waals surface area contributed by atoms with Crippen LogP contribution >= 0.6 is 0 Å². The van der Waals surface area contributed by atoms with Crippen molar-refractivity contribution >= 4 is 88.8 Å². The van der Waals surface area contributed by atoms with Crippen molar-refractivity contribution in [3.05, 3.63) is 139 Å². The zero-order valence-electron chi connectivity index (χ0n) is 26.8. The number of rotatable bonds is 0. The van der Waals surface area contributed by atoms with Gasteiger partial charge in [0.05, 0.1) is 32.9 Å². The second-order valence-corrected chi connectivity index (χ2v) is 13.4. The number of fused-ring (bicyclic) bond motifs is 17. The van der Waals surface area contributed by atoms with Gasteiger partial charge in [0.2, 0.25) is 17.8 Å². The van der Waals surface area contributed by atoms with Gasteiger partial charge in [0.1, 0.15) is 11.1 Å². The number of nitrogens with zero attached hydrogens (tertiary/aromatic N) is 6. The van der Waals surface area contributed by atoms with Crippen molar-refractivity contribution < 1.29 is 8.98 Å². The average molecular weight is 633 g/mol. The van der Waals surface area contributed by atoms with E-state index in [0.717, 1.165) is 60.6 Å². The smallest absolute Gasteiger partial charge is 0.246 e. The third-order valence-electron chi connectivity index (χ3n) is 10.0. The van der Waals surface area contributed by atoms with Crippen LogP contribution in [0.5, 0.6) is 0 Å². The highest BCUT2D eigenvalue weighted by Gasteiger charge is 2.24. The van der Waals surface area contributed by atoms with E-state index in [0.29, 0.717) is 11.3 Å². The predicted molar refractivity (Wildman–Crippen MR) is 195 cm³/mol. The summed E-state index contributed by atoms with van der Waals surface area (Å²) in [5, 5.41) is 6.92. The molecule has 0 saturated carbocycles. The Morgan fingerprint density at radius 3 is 2.24 bits per heavy atom. The first-order chi connectivity index (χ1) is 24.0. The van der Waals surface area contributed by atoms with E-state index in [1.807, 2.05) is 24.3 Å². The first-order valence-electron chi connectivity index (χ1n) is 16.5. The Bertz CT molecular complexity index is 3260. The zero-order chi connectivity index (χ0) is 32.4. The molecular weight excluding hydrogens is 605 g/mol. The van der Waals surface area contributed by atoms with E-state index in [1.165, 1.54) is 16.2 Å². The molecular formula is C42H28N6O. The van der Waals surface area contributed by atoms with E-state index in [1.54, 1.807) is 0 Å². The van der Waals surface area contributed by atoms with Gasteiger partial charge in [-0.25, -0.2) is 4.98 Å². The third-order valence-corrected chi connectivity index (χ3v) is 10.0. The molecule has 10 aromatic rings. The normalized spacial score (nSPS) is 13.8. The van der Waals surface area contributed by atoms with Crippen LogP contribution in [-0.2, 0) is 5.54 Å². The molecule has 0 aliphatic carbocycles. The lowest BCUT2D eigenvalue weighted by Crippen LogP contribution is -2.55. The highest BCUT2D eigenvalue weighted by molar-refractivity contribution is 6.15. The van der Waals surface area contributed by atoms with Crippen molar-refractivity contribution in [2.45, 2.75) is 19.4 Å². The monoisotopic (exact) mass is 632 g/mol. The fourth-order valence-electron chi connectivity index (χ4n) is 7.84. The van der Waals surface area contributed by atoms with E-state index in [4.69, 9.17) is 14.4 Å². The van der Waals surface area contributed by atoms with Crippen LogP contribution in [0.15, 0.2) is 132 Å². The molecule has 7 nitrogen and oxygen atoms in total. The van der Waals surface area contributed by atoms with Crippen molar-refractivity contribution in [2.75, 3.05) is 0 Å². The number of aromatic nitrogens is 6. The maximum Gasteiger partial charge on any atom is 0.246 e. The second-order valence-electron chi connectivity index (χ2n) is 13.4. The first-order valence-corrected chi connectivity index (χ1v) is 16.5. The summed E-state index contributed by atoms with van der Waals surface area (Å²) in [6.07, 6.45) is 6.24. The van der Waals surface area contributed by atoms with Crippen LogP contribution in [0.2, 0.25) is 0 Å². The van der Waals surface area contributed by atoms with E-state index in [2.05, 4.69) is 147 Å². The molecule has 5 aromatic heterocycles. The molecule has 0 atom stereocenters. The highest BCUT2D eigenvalue weighted by atomic mass is 16.3. The van der Waals surface area contributed by atoms with Crippen molar-refractivity contribution in [1.82, 2.24) is 23.2 Å². The van der Waals surface area contributed by atoms with Crippen LogP contribution in [0.3, 0.4) is 0 Å². The van der Waals surface area contributed by atoms with Gasteiger partial charge >= 0.3 is 0 Å². The van der Waals surface area contributed by atoms with Crippen LogP contribution in [0.4, 0.5) is 0 Å². The molecule has 6 heterocycles. The standard InChI is InChI=1S/C42H28N6O/c1-42(2)24-38-32-15-6-5-13-30(32)29-12-3-4-14-31(29)33-19-18-27-23-37(33)45(38)25-46(42)26-10-9-11-28(22-26)49-39-21-20-36-40(44-39)47(27)41-43-34-16-7-8-17-35(34)48(36)41/h3-24H,1-2H3. The predicted octanol–water partition coefficient (Wildman–Crippen LogP) is 8.33. The largest absolute Gasteiger partial charge is 0.440 e. The number of para-hydroxylation sites is 2. The van der Waals surface area contributed by atoms with Crippen LogP contribution in [0, 0.1) is 6.33 Å². The van der Waals surface area contributed by atoms with Gasteiger partial charge in [-0.2, -0.15) is 4.98 Å². The lowest BCUT2D eigenvalue weighted by molar-refractivity contribution is -0.725. The number of pyridine rings is 1. The summed E-state index contributed by atoms with van der Waals surface area (Å²) in [6, 6.07) is 44.5.